The summed E-state index contributed by atoms with van der Waals surface area (Å²) >= 11 is 0. The first-order valence-electron chi connectivity index (χ1n) is 16.5. The minimum Gasteiger partial charge on any atom is -0.481 e. The third-order valence-corrected chi connectivity index (χ3v) is 8.81. The van der Waals surface area contributed by atoms with Crippen molar-refractivity contribution in [2.45, 2.75) is 82.0 Å². The molecule has 0 aromatic heterocycles. The fraction of sp³-hybridized carbons (Fsp3) is 0.500. The molecule has 6 amide bonds. The van der Waals surface area contributed by atoms with Gasteiger partial charge in [0.25, 0.3) is 5.91 Å². The SMILES string of the molecule is NC(=O)NCCC[C@H](CC(=O)[C@H](Cc1ccc2ccccc2c1)NC(=O)[C@@H]1CCCCN1C(=O)[C@H](CCC(=O)O)NC(=O)C1CO1)C(N)=O. The maximum absolute atomic E-state index is 14.0. The highest BCUT2D eigenvalue weighted by atomic mass is 16.6. The van der Waals surface area contributed by atoms with E-state index in [0.29, 0.717) is 19.3 Å². The van der Waals surface area contributed by atoms with E-state index in [-0.39, 0.29) is 58.2 Å². The summed E-state index contributed by atoms with van der Waals surface area (Å²) in [5, 5.41) is 19.0. The quantitative estimate of drug-likeness (QED) is 0.0947. The van der Waals surface area contributed by atoms with Crippen molar-refractivity contribution in [2.75, 3.05) is 19.7 Å². The van der Waals surface area contributed by atoms with Crippen LogP contribution in [0.2, 0.25) is 0 Å². The number of Topliss-reactive ketones (excluding diaryl/α,β-unsaturated/α-hetero) is 1. The third kappa shape index (κ3) is 11.0. The molecule has 15 heteroatoms. The number of carboxylic acid groups (broad SMARTS) is 1. The number of hydrogen-bond donors (Lipinski definition) is 6. The topological polar surface area (TPSA) is 244 Å². The normalized spacial score (nSPS) is 18.8. The van der Waals surface area contributed by atoms with Crippen LogP contribution in [0.5, 0.6) is 0 Å². The average molecular weight is 681 g/mol. The first kappa shape index (κ1) is 36.8. The number of aliphatic carboxylic acids is 1. The van der Waals surface area contributed by atoms with Gasteiger partial charge in [0.2, 0.25) is 17.7 Å². The number of piperidine rings is 1. The molecule has 0 radical (unpaired) electrons. The summed E-state index contributed by atoms with van der Waals surface area (Å²) < 4.78 is 5.00. The van der Waals surface area contributed by atoms with Gasteiger partial charge in [-0.1, -0.05) is 42.5 Å². The van der Waals surface area contributed by atoms with E-state index in [4.69, 9.17) is 16.2 Å². The molecule has 2 aliphatic heterocycles. The zero-order valence-corrected chi connectivity index (χ0v) is 27.2. The number of amides is 6. The number of primary amides is 2. The fourth-order valence-corrected chi connectivity index (χ4v) is 6.06. The van der Waals surface area contributed by atoms with Gasteiger partial charge in [-0.05, 0) is 61.3 Å². The van der Waals surface area contributed by atoms with E-state index in [1.807, 2.05) is 42.5 Å². The number of ether oxygens (including phenoxy) is 1. The Bertz CT molecular complexity index is 1560. The molecule has 0 aliphatic carbocycles. The molecule has 0 bridgehead atoms. The number of ketones is 1. The van der Waals surface area contributed by atoms with E-state index in [0.717, 1.165) is 16.3 Å². The van der Waals surface area contributed by atoms with Gasteiger partial charge in [0, 0.05) is 31.8 Å². The summed E-state index contributed by atoms with van der Waals surface area (Å²) in [5.41, 5.74) is 11.5. The number of fused-ring (bicyclic) bond motifs is 1. The Hall–Kier alpha value is -5.05. The van der Waals surface area contributed by atoms with Gasteiger partial charge in [-0.3, -0.25) is 28.8 Å². The summed E-state index contributed by atoms with van der Waals surface area (Å²) in [4.78, 5) is 90.0. The standard InChI is InChI=1S/C34H44N6O9/c35-30(44)23(8-5-14-37-34(36)48)18-27(41)25(17-20-10-11-21-6-1-2-7-22(21)16-20)39-31(45)26-9-3-4-15-40(26)33(47)24(12-13-29(42)43)38-32(46)28-19-49-28/h1-2,6-7,10-11,16,23-26,28H,3-5,8-9,12-15,17-19H2,(H2,35,44)(H,38,46)(H,39,45)(H,42,43)(H3,36,37,48)/t23-,24+,25+,26+,28?/m1/s1. The summed E-state index contributed by atoms with van der Waals surface area (Å²) in [6.45, 7) is 0.592. The molecule has 2 aromatic rings. The molecule has 5 atom stereocenters. The molecule has 15 nitrogen and oxygen atoms in total. The van der Waals surface area contributed by atoms with E-state index >= 15 is 0 Å². The monoisotopic (exact) mass is 680 g/mol. The lowest BCUT2D eigenvalue weighted by molar-refractivity contribution is -0.146. The van der Waals surface area contributed by atoms with Crippen molar-refractivity contribution in [3.63, 3.8) is 0 Å². The number of nitrogens with one attached hydrogen (secondary N) is 3. The highest BCUT2D eigenvalue weighted by Gasteiger charge is 2.40. The Morgan fingerprint density at radius 3 is 2.31 bits per heavy atom. The molecule has 0 saturated carbocycles. The predicted octanol–water partition coefficient (Wildman–Crippen LogP) is 0.506. The molecule has 49 heavy (non-hydrogen) atoms. The summed E-state index contributed by atoms with van der Waals surface area (Å²) in [7, 11) is 0. The molecule has 2 aromatic carbocycles. The van der Waals surface area contributed by atoms with Gasteiger partial charge < -0.3 is 42.2 Å². The highest BCUT2D eigenvalue weighted by Crippen LogP contribution is 2.23. The second kappa shape index (κ2) is 17.4. The molecular weight excluding hydrogens is 636 g/mol. The van der Waals surface area contributed by atoms with Crippen molar-refractivity contribution in [3.05, 3.63) is 48.0 Å². The third-order valence-electron chi connectivity index (χ3n) is 8.81. The molecule has 264 valence electrons. The molecular formula is C34H44N6O9. The Balaban J connectivity index is 1.54. The van der Waals surface area contributed by atoms with E-state index < -0.39 is 71.6 Å². The second-order valence-electron chi connectivity index (χ2n) is 12.5. The van der Waals surface area contributed by atoms with Crippen LogP contribution in [-0.4, -0.2) is 95.3 Å². The number of urea groups is 1. The van der Waals surface area contributed by atoms with Crippen molar-refractivity contribution in [1.82, 2.24) is 20.9 Å². The minimum absolute atomic E-state index is 0.101. The Morgan fingerprint density at radius 1 is 0.918 bits per heavy atom. The molecule has 2 fully saturated rings. The summed E-state index contributed by atoms with van der Waals surface area (Å²) in [5.74, 6) is -4.84. The maximum atomic E-state index is 14.0. The molecule has 2 heterocycles. The van der Waals surface area contributed by atoms with Crippen molar-refractivity contribution in [3.8, 4) is 0 Å². The van der Waals surface area contributed by atoms with E-state index in [1.165, 1.54) is 4.90 Å². The summed E-state index contributed by atoms with van der Waals surface area (Å²) in [6, 6.07) is 9.39. The number of benzene rings is 2. The van der Waals surface area contributed by atoms with E-state index in [1.54, 1.807) is 0 Å². The number of carbonyl (C=O) groups is 7. The Kier molecular flexibility index (Phi) is 13.0. The first-order chi connectivity index (χ1) is 23.4. The van der Waals surface area contributed by atoms with Crippen LogP contribution in [0.25, 0.3) is 10.8 Å². The maximum Gasteiger partial charge on any atom is 0.312 e. The highest BCUT2D eigenvalue weighted by molar-refractivity contribution is 5.96. The number of carboxylic acids is 1. The van der Waals surface area contributed by atoms with Gasteiger partial charge in [-0.2, -0.15) is 0 Å². The Labute approximate surface area is 283 Å². The molecule has 8 N–H and O–H groups in total. The fourth-order valence-electron chi connectivity index (χ4n) is 6.06. The van der Waals surface area contributed by atoms with Gasteiger partial charge in [-0.15, -0.1) is 0 Å². The van der Waals surface area contributed by atoms with Crippen LogP contribution in [0, 0.1) is 5.92 Å². The number of nitrogens with zero attached hydrogens (tertiary/aromatic N) is 1. The average Bonchev–Trinajstić information content (AvgIpc) is 3.93. The van der Waals surface area contributed by atoms with Crippen LogP contribution in [0.1, 0.15) is 56.9 Å². The van der Waals surface area contributed by atoms with Gasteiger partial charge in [0.15, 0.2) is 11.9 Å². The zero-order chi connectivity index (χ0) is 35.5. The molecule has 4 rings (SSSR count). The first-order valence-corrected chi connectivity index (χ1v) is 16.5. The van der Waals surface area contributed by atoms with Crippen molar-refractivity contribution in [2.24, 2.45) is 17.4 Å². The van der Waals surface area contributed by atoms with Gasteiger partial charge in [0.1, 0.15) is 12.1 Å². The van der Waals surface area contributed by atoms with Gasteiger partial charge >= 0.3 is 12.0 Å². The van der Waals surface area contributed by atoms with Gasteiger partial charge in [0.05, 0.1) is 12.6 Å². The number of rotatable bonds is 18. The smallest absolute Gasteiger partial charge is 0.312 e. The summed E-state index contributed by atoms with van der Waals surface area (Å²) in [6.07, 6.45) is 0.631. The largest absolute Gasteiger partial charge is 0.481 e. The van der Waals surface area contributed by atoms with E-state index in [2.05, 4.69) is 16.0 Å². The number of nitrogens with two attached hydrogens (primary N) is 2. The zero-order valence-electron chi connectivity index (χ0n) is 27.2. The van der Waals surface area contributed by atoms with Crippen molar-refractivity contribution < 1.29 is 43.4 Å². The minimum atomic E-state index is -1.18. The van der Waals surface area contributed by atoms with Crippen LogP contribution in [0.4, 0.5) is 4.79 Å². The Morgan fingerprint density at radius 2 is 1.63 bits per heavy atom. The number of likely N-dealkylation sites (tertiary alicyclic amines) is 1. The molecule has 2 saturated heterocycles. The predicted molar refractivity (Wildman–Crippen MR) is 177 cm³/mol. The van der Waals surface area contributed by atoms with Crippen LogP contribution in [-0.2, 0) is 39.9 Å². The van der Waals surface area contributed by atoms with Crippen LogP contribution < -0.4 is 27.4 Å². The lowest BCUT2D eigenvalue weighted by atomic mass is 9.90. The molecule has 0 spiro atoms. The lowest BCUT2D eigenvalue weighted by Crippen LogP contribution is -2.59. The van der Waals surface area contributed by atoms with Crippen LogP contribution in [0.3, 0.4) is 0 Å². The van der Waals surface area contributed by atoms with Crippen LogP contribution >= 0.6 is 0 Å². The number of carbonyl (C=O) groups excluding carboxylic acids is 6. The lowest BCUT2D eigenvalue weighted by Gasteiger charge is -2.37. The molecule has 1 unspecified atom stereocenters. The van der Waals surface area contributed by atoms with Crippen LogP contribution in [0.15, 0.2) is 42.5 Å². The second-order valence-corrected chi connectivity index (χ2v) is 12.5. The number of epoxide rings is 1. The van der Waals surface area contributed by atoms with Gasteiger partial charge in [-0.25, -0.2) is 4.79 Å². The molecule has 2 aliphatic rings. The van der Waals surface area contributed by atoms with Crippen molar-refractivity contribution in [1.29, 1.82) is 0 Å². The number of hydrogen-bond acceptors (Lipinski definition) is 8. The van der Waals surface area contributed by atoms with Crippen molar-refractivity contribution >= 4 is 52.2 Å². The van der Waals surface area contributed by atoms with E-state index in [9.17, 15) is 38.7 Å².